The predicted molar refractivity (Wildman–Crippen MR) is 32.3 cm³/mol. The Morgan fingerprint density at radius 2 is 1.57 bits per heavy atom. The molecule has 0 aliphatic heterocycles. The van der Waals surface area contributed by atoms with Gasteiger partial charge in [0.05, 0.1) is 5.60 Å². The normalized spacial score (nSPS) is 10.3. The van der Waals surface area contributed by atoms with E-state index < -0.39 is 5.60 Å². The van der Waals surface area contributed by atoms with Gasteiger partial charge < -0.3 is 5.11 Å². The Labute approximate surface area is 94.3 Å². The van der Waals surface area contributed by atoms with Crippen LogP contribution >= 0.6 is 0 Å². The van der Waals surface area contributed by atoms with Crippen molar-refractivity contribution in [2.75, 3.05) is 0 Å². The topological polar surface area (TPSA) is 20.2 Å². The number of hydrogen-bond donors (Lipinski definition) is 1. The summed E-state index contributed by atoms with van der Waals surface area (Å²) >= 11 is 0. The second-order valence-electron chi connectivity index (χ2n) is 2.17. The first-order chi connectivity index (χ1) is 2.56. The van der Waals surface area contributed by atoms with E-state index in [1.807, 2.05) is 6.92 Å². The summed E-state index contributed by atoms with van der Waals surface area (Å²) in [6, 6.07) is 0. The van der Waals surface area contributed by atoms with E-state index in [-0.39, 0.29) is 58.2 Å². The molecule has 7 heavy (non-hydrogen) atoms. The summed E-state index contributed by atoms with van der Waals surface area (Å²) in [5.41, 5.74) is -0.458. The molecule has 0 saturated heterocycles. The van der Waals surface area contributed by atoms with Crippen LogP contribution in [0.2, 0.25) is 0 Å². The van der Waals surface area contributed by atoms with Crippen LogP contribution in [0.3, 0.4) is 0 Å². The molecule has 1 N–H and O–H groups in total. The van der Waals surface area contributed by atoms with E-state index >= 15 is 0 Å². The summed E-state index contributed by atoms with van der Waals surface area (Å²) in [6.45, 7) is 5.56. The molecule has 0 aliphatic rings. The standard InChI is InChI=1S/C5H12O.Rb/c1-4-5(2,3)6;/h6H,4H2,1-3H3;. The smallest absolute Gasteiger partial charge is 0.0589 e. The average molecular weight is 174 g/mol. The Kier molecular flexibility index (Phi) is 7.63. The zero-order chi connectivity index (χ0) is 5.21. The zero-order valence-corrected chi connectivity index (χ0v) is 10.6. The maximum atomic E-state index is 8.83. The first-order valence-electron chi connectivity index (χ1n) is 2.28. The molecule has 39 valence electrons. The second kappa shape index (κ2) is 4.63. The van der Waals surface area contributed by atoms with E-state index in [2.05, 4.69) is 0 Å². The van der Waals surface area contributed by atoms with Crippen LogP contribution in [0.5, 0.6) is 0 Å². The van der Waals surface area contributed by atoms with Crippen LogP contribution in [0, 0.1) is 0 Å². The first kappa shape index (κ1) is 11.5. The summed E-state index contributed by atoms with van der Waals surface area (Å²) in [4.78, 5) is 0. The SMILES string of the molecule is CCC(C)(C)O.[Rb]. The second-order valence-corrected chi connectivity index (χ2v) is 2.17. The molecule has 0 rings (SSSR count). The van der Waals surface area contributed by atoms with Crippen molar-refractivity contribution in [2.24, 2.45) is 0 Å². The van der Waals surface area contributed by atoms with Gasteiger partial charge in [0.25, 0.3) is 0 Å². The summed E-state index contributed by atoms with van der Waals surface area (Å²) in [5, 5.41) is 8.83. The van der Waals surface area contributed by atoms with Crippen LogP contribution in [0.15, 0.2) is 0 Å². The van der Waals surface area contributed by atoms with Gasteiger partial charge in [0.2, 0.25) is 0 Å². The summed E-state index contributed by atoms with van der Waals surface area (Å²) in [5.74, 6) is 0. The van der Waals surface area contributed by atoms with Gasteiger partial charge in [0, 0.05) is 58.2 Å². The van der Waals surface area contributed by atoms with Gasteiger partial charge in [-0.25, -0.2) is 0 Å². The molecular weight excluding hydrogens is 162 g/mol. The van der Waals surface area contributed by atoms with E-state index in [4.69, 9.17) is 5.11 Å². The van der Waals surface area contributed by atoms with Crippen LogP contribution in [-0.2, 0) is 0 Å². The van der Waals surface area contributed by atoms with Gasteiger partial charge in [-0.3, -0.25) is 0 Å². The number of hydrogen-bond acceptors (Lipinski definition) is 1. The number of aliphatic hydroxyl groups is 1. The van der Waals surface area contributed by atoms with Gasteiger partial charge in [0.1, 0.15) is 0 Å². The van der Waals surface area contributed by atoms with Gasteiger partial charge in [-0.05, 0) is 20.3 Å². The van der Waals surface area contributed by atoms with Crippen LogP contribution in [0.25, 0.3) is 0 Å². The summed E-state index contributed by atoms with van der Waals surface area (Å²) in [7, 11) is 0. The van der Waals surface area contributed by atoms with Crippen molar-refractivity contribution in [1.82, 2.24) is 0 Å². The third-order valence-corrected chi connectivity index (χ3v) is 0.865. The molecule has 0 unspecified atom stereocenters. The Morgan fingerprint density at radius 1 is 1.43 bits per heavy atom. The number of rotatable bonds is 1. The molecular formula is C5H12ORb. The fourth-order valence-corrected chi connectivity index (χ4v) is 0. The molecule has 0 atom stereocenters. The third-order valence-electron chi connectivity index (χ3n) is 0.865. The van der Waals surface area contributed by atoms with Crippen molar-refractivity contribution < 1.29 is 5.11 Å². The minimum absolute atomic E-state index is 0. The van der Waals surface area contributed by atoms with Crippen LogP contribution in [-0.4, -0.2) is 68.9 Å². The Bertz CT molecular complexity index is 37.8. The summed E-state index contributed by atoms with van der Waals surface area (Å²) in [6.07, 6.45) is 0.826. The van der Waals surface area contributed by atoms with Gasteiger partial charge >= 0.3 is 0 Å². The zero-order valence-electron chi connectivity index (χ0n) is 5.65. The van der Waals surface area contributed by atoms with Gasteiger partial charge in [0.15, 0.2) is 0 Å². The largest absolute Gasteiger partial charge is 0.390 e. The van der Waals surface area contributed by atoms with Crippen molar-refractivity contribution in [3.8, 4) is 0 Å². The molecule has 0 aromatic carbocycles. The average Bonchev–Trinajstić information content (AvgIpc) is 1.35. The first-order valence-corrected chi connectivity index (χ1v) is 2.28. The Balaban J connectivity index is 0. The fourth-order valence-electron chi connectivity index (χ4n) is 0. The molecule has 0 fully saturated rings. The van der Waals surface area contributed by atoms with Crippen LogP contribution in [0.4, 0.5) is 0 Å². The van der Waals surface area contributed by atoms with E-state index in [9.17, 15) is 0 Å². The molecule has 0 heterocycles. The molecule has 0 saturated carbocycles. The van der Waals surface area contributed by atoms with Crippen molar-refractivity contribution in [3.05, 3.63) is 0 Å². The third kappa shape index (κ3) is 11.4. The maximum absolute atomic E-state index is 8.83. The predicted octanol–water partition coefficient (Wildman–Crippen LogP) is 0.786. The van der Waals surface area contributed by atoms with Crippen molar-refractivity contribution in [3.63, 3.8) is 0 Å². The molecule has 0 aromatic rings. The molecule has 1 radical (unpaired) electrons. The monoisotopic (exact) mass is 173 g/mol. The Morgan fingerprint density at radius 3 is 1.57 bits per heavy atom. The van der Waals surface area contributed by atoms with Gasteiger partial charge in [-0.2, -0.15) is 0 Å². The van der Waals surface area contributed by atoms with E-state index in [1.54, 1.807) is 13.8 Å². The fraction of sp³-hybridized carbons (Fsp3) is 1.00. The molecule has 0 amide bonds. The van der Waals surface area contributed by atoms with Crippen molar-refractivity contribution in [1.29, 1.82) is 0 Å². The van der Waals surface area contributed by atoms with Crippen LogP contribution in [0.1, 0.15) is 27.2 Å². The van der Waals surface area contributed by atoms with Gasteiger partial charge in [-0.1, -0.05) is 6.92 Å². The molecule has 2 heteroatoms. The quantitative estimate of drug-likeness (QED) is 0.622. The molecule has 0 aromatic heterocycles. The Hall–Kier alpha value is 1.77. The minimum atomic E-state index is -0.458. The van der Waals surface area contributed by atoms with E-state index in [1.165, 1.54) is 0 Å². The van der Waals surface area contributed by atoms with Crippen molar-refractivity contribution in [2.45, 2.75) is 32.8 Å². The summed E-state index contributed by atoms with van der Waals surface area (Å²) < 4.78 is 0. The van der Waals surface area contributed by atoms with Gasteiger partial charge in [-0.15, -0.1) is 0 Å². The van der Waals surface area contributed by atoms with Crippen molar-refractivity contribution >= 4 is 58.2 Å². The van der Waals surface area contributed by atoms with E-state index in [0.717, 1.165) is 6.42 Å². The minimum Gasteiger partial charge on any atom is -0.390 e. The molecule has 0 spiro atoms. The molecule has 1 nitrogen and oxygen atoms in total. The maximum Gasteiger partial charge on any atom is 0.0589 e. The van der Waals surface area contributed by atoms with Crippen LogP contribution < -0.4 is 0 Å². The molecule has 0 bridgehead atoms. The van der Waals surface area contributed by atoms with E-state index in [0.29, 0.717) is 0 Å². The molecule has 0 aliphatic carbocycles.